The molecule has 0 aromatic rings. The Balaban J connectivity index is 2.69. The number of nitriles is 1. The van der Waals surface area contributed by atoms with E-state index in [9.17, 15) is 4.79 Å². The van der Waals surface area contributed by atoms with Gasteiger partial charge in [-0.3, -0.25) is 0 Å². The number of carbonyl (C=O) groups is 1. The van der Waals surface area contributed by atoms with E-state index in [0.29, 0.717) is 19.5 Å². The number of hydrogen-bond donors (Lipinski definition) is 1. The predicted octanol–water partition coefficient (Wildman–Crippen LogP) is 1.50. The van der Waals surface area contributed by atoms with E-state index in [-0.39, 0.29) is 18.2 Å². The second-order valence-corrected chi connectivity index (χ2v) is 5.46. The SMILES string of the molecule is CC1CN(C(=O)OC(C)(C)C)C(CC#N)CN1. The lowest BCUT2D eigenvalue weighted by Crippen LogP contribution is -2.58. The topological polar surface area (TPSA) is 65.4 Å². The molecule has 1 heterocycles. The number of nitrogens with one attached hydrogen (secondary N) is 1. The number of amides is 1. The zero-order valence-corrected chi connectivity index (χ0v) is 11.0. The Morgan fingerprint density at radius 3 is 2.76 bits per heavy atom. The first-order chi connectivity index (χ1) is 7.83. The number of piperazine rings is 1. The van der Waals surface area contributed by atoms with E-state index in [2.05, 4.69) is 11.4 Å². The summed E-state index contributed by atoms with van der Waals surface area (Å²) in [7, 11) is 0. The molecular weight excluding hydrogens is 218 g/mol. The van der Waals surface area contributed by atoms with Gasteiger partial charge >= 0.3 is 6.09 Å². The van der Waals surface area contributed by atoms with E-state index >= 15 is 0 Å². The molecule has 1 amide bonds. The van der Waals surface area contributed by atoms with Crippen LogP contribution < -0.4 is 5.32 Å². The first-order valence-electron chi connectivity index (χ1n) is 5.93. The van der Waals surface area contributed by atoms with Crippen LogP contribution in [0.2, 0.25) is 0 Å². The molecule has 0 aliphatic carbocycles. The molecular formula is C12H21N3O2. The van der Waals surface area contributed by atoms with E-state index in [1.165, 1.54) is 0 Å². The van der Waals surface area contributed by atoms with Gasteiger partial charge in [-0.2, -0.15) is 5.26 Å². The Hall–Kier alpha value is -1.28. The smallest absolute Gasteiger partial charge is 0.410 e. The van der Waals surface area contributed by atoms with Gasteiger partial charge in [0.15, 0.2) is 0 Å². The molecule has 1 aliphatic heterocycles. The normalized spacial score (nSPS) is 25.2. The van der Waals surface area contributed by atoms with Crippen LogP contribution in [-0.2, 0) is 4.74 Å². The molecule has 5 nitrogen and oxygen atoms in total. The van der Waals surface area contributed by atoms with Gasteiger partial charge in [0.25, 0.3) is 0 Å². The molecule has 0 aromatic heterocycles. The van der Waals surface area contributed by atoms with Crippen molar-refractivity contribution in [3.63, 3.8) is 0 Å². The van der Waals surface area contributed by atoms with Crippen LogP contribution in [0.25, 0.3) is 0 Å². The van der Waals surface area contributed by atoms with Gasteiger partial charge in [-0.1, -0.05) is 0 Å². The summed E-state index contributed by atoms with van der Waals surface area (Å²) in [6.45, 7) is 8.77. The first kappa shape index (κ1) is 13.8. The van der Waals surface area contributed by atoms with Crippen molar-refractivity contribution in [3.05, 3.63) is 0 Å². The fourth-order valence-electron chi connectivity index (χ4n) is 1.79. The van der Waals surface area contributed by atoms with Crippen LogP contribution in [0.1, 0.15) is 34.1 Å². The van der Waals surface area contributed by atoms with Crippen molar-refractivity contribution in [1.82, 2.24) is 10.2 Å². The van der Waals surface area contributed by atoms with E-state index in [4.69, 9.17) is 10.00 Å². The fourth-order valence-corrected chi connectivity index (χ4v) is 1.79. The second-order valence-electron chi connectivity index (χ2n) is 5.46. The van der Waals surface area contributed by atoms with Gasteiger partial charge in [0, 0.05) is 19.1 Å². The van der Waals surface area contributed by atoms with E-state index < -0.39 is 5.60 Å². The van der Waals surface area contributed by atoms with Gasteiger partial charge in [0.05, 0.1) is 18.5 Å². The highest BCUT2D eigenvalue weighted by Crippen LogP contribution is 2.16. The lowest BCUT2D eigenvalue weighted by atomic mass is 10.1. The zero-order valence-electron chi connectivity index (χ0n) is 11.0. The van der Waals surface area contributed by atoms with Crippen molar-refractivity contribution in [2.24, 2.45) is 0 Å². The monoisotopic (exact) mass is 239 g/mol. The molecule has 1 saturated heterocycles. The molecule has 2 unspecified atom stereocenters. The van der Waals surface area contributed by atoms with Gasteiger partial charge < -0.3 is 15.0 Å². The summed E-state index contributed by atoms with van der Waals surface area (Å²) in [5.41, 5.74) is -0.498. The van der Waals surface area contributed by atoms with Crippen LogP contribution in [0, 0.1) is 11.3 Å². The van der Waals surface area contributed by atoms with E-state index in [0.717, 1.165) is 0 Å². The molecule has 17 heavy (non-hydrogen) atoms. The highest BCUT2D eigenvalue weighted by molar-refractivity contribution is 5.69. The van der Waals surface area contributed by atoms with Crippen molar-refractivity contribution in [2.45, 2.75) is 51.8 Å². The second kappa shape index (κ2) is 5.37. The molecule has 0 saturated carbocycles. The van der Waals surface area contributed by atoms with Gasteiger partial charge in [0.1, 0.15) is 5.60 Å². The summed E-state index contributed by atoms with van der Waals surface area (Å²) >= 11 is 0. The highest BCUT2D eigenvalue weighted by Gasteiger charge is 2.32. The van der Waals surface area contributed by atoms with Gasteiger partial charge in [-0.05, 0) is 27.7 Å². The van der Waals surface area contributed by atoms with Crippen LogP contribution in [0.15, 0.2) is 0 Å². The number of carbonyl (C=O) groups excluding carboxylic acids is 1. The minimum atomic E-state index is -0.498. The lowest BCUT2D eigenvalue weighted by Gasteiger charge is -2.38. The fraction of sp³-hybridized carbons (Fsp3) is 0.833. The molecule has 96 valence electrons. The maximum atomic E-state index is 12.0. The van der Waals surface area contributed by atoms with Gasteiger partial charge in [-0.25, -0.2) is 4.79 Å². The molecule has 1 rings (SSSR count). The zero-order chi connectivity index (χ0) is 13.1. The minimum absolute atomic E-state index is 0.0916. The largest absolute Gasteiger partial charge is 0.444 e. The average Bonchev–Trinajstić information content (AvgIpc) is 2.18. The molecule has 1 aliphatic rings. The highest BCUT2D eigenvalue weighted by atomic mass is 16.6. The van der Waals surface area contributed by atoms with E-state index in [1.807, 2.05) is 27.7 Å². The summed E-state index contributed by atoms with van der Waals surface area (Å²) in [6.07, 6.45) is 0.00462. The maximum Gasteiger partial charge on any atom is 0.410 e. The molecule has 5 heteroatoms. The number of rotatable bonds is 1. The lowest BCUT2D eigenvalue weighted by molar-refractivity contribution is 0.00881. The van der Waals surface area contributed by atoms with Crippen LogP contribution >= 0.6 is 0 Å². The van der Waals surface area contributed by atoms with Gasteiger partial charge in [-0.15, -0.1) is 0 Å². The van der Waals surface area contributed by atoms with Crippen LogP contribution in [0.3, 0.4) is 0 Å². The Labute approximate surface area is 103 Å². The number of hydrogen-bond acceptors (Lipinski definition) is 4. The average molecular weight is 239 g/mol. The quantitative estimate of drug-likeness (QED) is 0.753. The van der Waals surface area contributed by atoms with Crippen LogP contribution in [0.5, 0.6) is 0 Å². The summed E-state index contributed by atoms with van der Waals surface area (Å²) in [6, 6.07) is 2.25. The van der Waals surface area contributed by atoms with Crippen LogP contribution in [0.4, 0.5) is 4.79 Å². The number of nitrogens with zero attached hydrogens (tertiary/aromatic N) is 2. The standard InChI is InChI=1S/C12H21N3O2/c1-9-8-15(10(5-6-13)7-14-9)11(16)17-12(2,3)4/h9-10,14H,5,7-8H2,1-4H3. The molecule has 0 spiro atoms. The Bertz CT molecular complexity index is 317. The Morgan fingerprint density at radius 1 is 1.59 bits per heavy atom. The molecule has 1 N–H and O–H groups in total. The van der Waals surface area contributed by atoms with Crippen molar-refractivity contribution in [3.8, 4) is 6.07 Å². The third kappa shape index (κ3) is 4.23. The summed E-state index contributed by atoms with van der Waals surface area (Å²) < 4.78 is 5.35. The molecule has 0 radical (unpaired) electrons. The summed E-state index contributed by atoms with van der Waals surface area (Å²) in [5, 5.41) is 12.0. The van der Waals surface area contributed by atoms with E-state index in [1.54, 1.807) is 4.90 Å². The van der Waals surface area contributed by atoms with Crippen molar-refractivity contribution in [2.75, 3.05) is 13.1 Å². The molecule has 1 fully saturated rings. The number of ether oxygens (including phenoxy) is 1. The van der Waals surface area contributed by atoms with Crippen molar-refractivity contribution >= 4 is 6.09 Å². The van der Waals surface area contributed by atoms with Crippen molar-refractivity contribution in [1.29, 1.82) is 5.26 Å². The predicted molar refractivity (Wildman–Crippen MR) is 64.4 cm³/mol. The third-order valence-corrected chi connectivity index (χ3v) is 2.57. The Morgan fingerprint density at radius 2 is 2.24 bits per heavy atom. The minimum Gasteiger partial charge on any atom is -0.444 e. The van der Waals surface area contributed by atoms with Crippen LogP contribution in [-0.4, -0.2) is 41.8 Å². The van der Waals surface area contributed by atoms with Gasteiger partial charge in [0.2, 0.25) is 0 Å². The van der Waals surface area contributed by atoms with Crippen molar-refractivity contribution < 1.29 is 9.53 Å². The molecule has 0 bridgehead atoms. The summed E-state index contributed by atoms with van der Waals surface area (Å²) in [5.74, 6) is 0. The molecule has 0 aromatic carbocycles. The Kier molecular flexibility index (Phi) is 4.35. The third-order valence-electron chi connectivity index (χ3n) is 2.57. The molecule has 2 atom stereocenters. The maximum absolute atomic E-state index is 12.0. The summed E-state index contributed by atoms with van der Waals surface area (Å²) in [4.78, 5) is 13.7. The first-order valence-corrected chi connectivity index (χ1v) is 5.93.